The third kappa shape index (κ3) is 5.81. The van der Waals surface area contributed by atoms with Crippen molar-refractivity contribution in [1.82, 2.24) is 15.1 Å². The van der Waals surface area contributed by atoms with E-state index in [9.17, 15) is 26.4 Å². The van der Waals surface area contributed by atoms with Crippen LogP contribution in [0.25, 0.3) is 0 Å². The second kappa shape index (κ2) is 8.24. The Bertz CT molecular complexity index is 781. The van der Waals surface area contributed by atoms with Crippen LogP contribution in [0.4, 0.5) is 19.0 Å². The van der Waals surface area contributed by atoms with Crippen LogP contribution in [-0.2, 0) is 21.0 Å². The SMILES string of the molecule is CC(C)(C)S(=O)(=O)NC1CCC(C(=O)NNc2ccc(C(F)(F)F)cn2)CC1. The highest BCUT2D eigenvalue weighted by atomic mass is 32.2. The van der Waals surface area contributed by atoms with E-state index in [0.717, 1.165) is 12.1 Å². The number of halogens is 3. The zero-order valence-electron chi connectivity index (χ0n) is 15.9. The van der Waals surface area contributed by atoms with Crippen LogP contribution in [0, 0.1) is 5.92 Å². The normalized spacial score (nSPS) is 21.2. The Morgan fingerprint density at radius 2 is 1.71 bits per heavy atom. The van der Waals surface area contributed by atoms with Crippen LogP contribution in [0.15, 0.2) is 18.3 Å². The van der Waals surface area contributed by atoms with Crippen molar-refractivity contribution in [1.29, 1.82) is 0 Å². The standard InChI is InChI=1S/C17H25F3N4O3S/c1-16(2,3)28(26,27)24-13-7-4-11(5-8-13)15(25)23-22-14-9-6-12(10-21-14)17(18,19)20/h6,9-11,13,24H,4-5,7-8H2,1-3H3,(H,21,22)(H,23,25). The average molecular weight is 422 g/mol. The molecule has 1 aromatic rings. The van der Waals surface area contributed by atoms with Gasteiger partial charge in [-0.3, -0.25) is 15.6 Å². The van der Waals surface area contributed by atoms with Gasteiger partial charge in [0.1, 0.15) is 5.82 Å². The lowest BCUT2D eigenvalue weighted by atomic mass is 9.86. The predicted molar refractivity (Wildman–Crippen MR) is 98.6 cm³/mol. The summed E-state index contributed by atoms with van der Waals surface area (Å²) in [5, 5.41) is 0. The topological polar surface area (TPSA) is 100 Å². The largest absolute Gasteiger partial charge is 0.417 e. The highest BCUT2D eigenvalue weighted by molar-refractivity contribution is 7.90. The lowest BCUT2D eigenvalue weighted by Gasteiger charge is -2.30. The third-order valence-corrected chi connectivity index (χ3v) is 6.89. The molecule has 0 unspecified atom stereocenters. The molecule has 158 valence electrons. The van der Waals surface area contributed by atoms with E-state index in [1.807, 2.05) is 0 Å². The van der Waals surface area contributed by atoms with Crippen molar-refractivity contribution in [2.75, 3.05) is 5.43 Å². The van der Waals surface area contributed by atoms with Gasteiger partial charge in [-0.05, 0) is 58.6 Å². The molecule has 7 nitrogen and oxygen atoms in total. The van der Waals surface area contributed by atoms with Crippen LogP contribution in [-0.4, -0.2) is 30.1 Å². The van der Waals surface area contributed by atoms with Crippen LogP contribution in [0.3, 0.4) is 0 Å². The molecule has 3 N–H and O–H groups in total. The monoisotopic (exact) mass is 422 g/mol. The summed E-state index contributed by atoms with van der Waals surface area (Å²) in [4.78, 5) is 15.8. The molecule has 0 atom stereocenters. The minimum absolute atomic E-state index is 0.0907. The maximum atomic E-state index is 12.5. The fraction of sp³-hybridized carbons (Fsp3) is 0.647. The Labute approximate surface area is 162 Å². The number of nitrogens with one attached hydrogen (secondary N) is 3. The third-order valence-electron chi connectivity index (χ3n) is 4.63. The number of hydrogen-bond acceptors (Lipinski definition) is 5. The van der Waals surface area contributed by atoms with E-state index in [1.54, 1.807) is 20.8 Å². The van der Waals surface area contributed by atoms with Crippen LogP contribution in [0.2, 0.25) is 0 Å². The number of carbonyl (C=O) groups excluding carboxylic acids is 1. The molecule has 1 saturated carbocycles. The van der Waals surface area contributed by atoms with Crippen LogP contribution < -0.4 is 15.6 Å². The van der Waals surface area contributed by atoms with Gasteiger partial charge in [0, 0.05) is 18.2 Å². The highest BCUT2D eigenvalue weighted by Crippen LogP contribution is 2.29. The first-order valence-electron chi connectivity index (χ1n) is 8.90. The van der Waals surface area contributed by atoms with Crippen molar-refractivity contribution < 1.29 is 26.4 Å². The number of hydrazine groups is 1. The Hall–Kier alpha value is -1.88. The van der Waals surface area contributed by atoms with E-state index in [0.29, 0.717) is 31.9 Å². The number of alkyl halides is 3. The molecule has 11 heteroatoms. The number of anilines is 1. The number of carbonyl (C=O) groups is 1. The zero-order valence-corrected chi connectivity index (χ0v) is 16.7. The second-order valence-corrected chi connectivity index (χ2v) is 10.3. The molecule has 0 aliphatic heterocycles. The summed E-state index contributed by atoms with van der Waals surface area (Å²) in [6.07, 6.45) is -1.71. The summed E-state index contributed by atoms with van der Waals surface area (Å²) in [6, 6.07) is 1.78. The quantitative estimate of drug-likeness (QED) is 0.634. The minimum atomic E-state index is -4.47. The van der Waals surface area contributed by atoms with Crippen molar-refractivity contribution in [3.8, 4) is 0 Å². The Morgan fingerprint density at radius 3 is 2.18 bits per heavy atom. The molecule has 1 heterocycles. The van der Waals surface area contributed by atoms with Crippen LogP contribution in [0.5, 0.6) is 0 Å². The summed E-state index contributed by atoms with van der Waals surface area (Å²) in [6.45, 7) is 4.86. The molecule has 1 amide bonds. The first kappa shape index (κ1) is 22.4. The molecule has 0 aromatic carbocycles. The van der Waals surface area contributed by atoms with E-state index >= 15 is 0 Å². The summed E-state index contributed by atoms with van der Waals surface area (Å²) in [7, 11) is -3.45. The van der Waals surface area contributed by atoms with Gasteiger partial charge >= 0.3 is 6.18 Å². The molecule has 0 spiro atoms. The molecular weight excluding hydrogens is 397 g/mol. The maximum Gasteiger partial charge on any atom is 0.417 e. The van der Waals surface area contributed by atoms with Gasteiger partial charge in [-0.1, -0.05) is 0 Å². The van der Waals surface area contributed by atoms with E-state index in [-0.39, 0.29) is 23.7 Å². The van der Waals surface area contributed by atoms with E-state index in [2.05, 4.69) is 20.6 Å². The first-order valence-corrected chi connectivity index (χ1v) is 10.4. The van der Waals surface area contributed by atoms with Gasteiger partial charge in [0.15, 0.2) is 0 Å². The van der Waals surface area contributed by atoms with Gasteiger partial charge in [0.25, 0.3) is 0 Å². The fourth-order valence-electron chi connectivity index (χ4n) is 2.73. The Balaban J connectivity index is 1.81. The Morgan fingerprint density at radius 1 is 1.11 bits per heavy atom. The van der Waals surface area contributed by atoms with E-state index < -0.39 is 26.5 Å². The number of hydrogen-bond donors (Lipinski definition) is 3. The smallest absolute Gasteiger partial charge is 0.282 e. The molecular formula is C17H25F3N4O3S. The number of amides is 1. The van der Waals surface area contributed by atoms with Gasteiger partial charge in [-0.2, -0.15) is 13.2 Å². The van der Waals surface area contributed by atoms with Crippen molar-refractivity contribution in [2.24, 2.45) is 5.92 Å². The molecule has 1 fully saturated rings. The summed E-state index contributed by atoms with van der Waals surface area (Å²) in [5.41, 5.74) is 4.07. The predicted octanol–water partition coefficient (Wildman–Crippen LogP) is 2.82. The molecule has 0 saturated heterocycles. The van der Waals surface area contributed by atoms with Gasteiger partial charge in [-0.25, -0.2) is 18.1 Å². The minimum Gasteiger partial charge on any atom is -0.282 e. The average Bonchev–Trinajstić information content (AvgIpc) is 2.58. The molecule has 2 rings (SSSR count). The summed E-state index contributed by atoms with van der Waals surface area (Å²) < 4.78 is 63.7. The van der Waals surface area contributed by atoms with Gasteiger partial charge in [0.05, 0.1) is 10.3 Å². The molecule has 28 heavy (non-hydrogen) atoms. The van der Waals surface area contributed by atoms with Crippen LogP contribution in [0.1, 0.15) is 52.0 Å². The molecule has 1 aliphatic rings. The van der Waals surface area contributed by atoms with Crippen molar-refractivity contribution in [3.05, 3.63) is 23.9 Å². The summed E-state index contributed by atoms with van der Waals surface area (Å²) in [5.74, 6) is -0.524. The number of nitrogens with zero attached hydrogens (tertiary/aromatic N) is 1. The lowest BCUT2D eigenvalue weighted by molar-refractivity contribution is -0.137. The molecule has 1 aliphatic carbocycles. The molecule has 1 aromatic heterocycles. The molecule has 0 bridgehead atoms. The van der Waals surface area contributed by atoms with Gasteiger partial charge < -0.3 is 0 Å². The van der Waals surface area contributed by atoms with Crippen molar-refractivity contribution in [2.45, 2.75) is 63.4 Å². The van der Waals surface area contributed by atoms with Gasteiger partial charge in [0.2, 0.25) is 15.9 Å². The second-order valence-electron chi connectivity index (χ2n) is 7.83. The van der Waals surface area contributed by atoms with E-state index in [1.165, 1.54) is 0 Å². The zero-order chi connectivity index (χ0) is 21.2. The maximum absolute atomic E-state index is 12.5. The first-order chi connectivity index (χ1) is 12.8. The van der Waals surface area contributed by atoms with Gasteiger partial charge in [-0.15, -0.1) is 0 Å². The summed E-state index contributed by atoms with van der Waals surface area (Å²) >= 11 is 0. The number of sulfonamides is 1. The number of pyridine rings is 1. The van der Waals surface area contributed by atoms with Crippen molar-refractivity contribution >= 4 is 21.7 Å². The molecule has 0 radical (unpaired) electrons. The highest BCUT2D eigenvalue weighted by Gasteiger charge is 2.34. The fourth-order valence-corrected chi connectivity index (χ4v) is 3.76. The lowest BCUT2D eigenvalue weighted by Crippen LogP contribution is -2.47. The van der Waals surface area contributed by atoms with Crippen LogP contribution >= 0.6 is 0 Å². The van der Waals surface area contributed by atoms with E-state index in [4.69, 9.17) is 0 Å². The van der Waals surface area contributed by atoms with Crippen molar-refractivity contribution in [3.63, 3.8) is 0 Å². The number of aromatic nitrogens is 1. The number of rotatable bonds is 5. The Kier molecular flexibility index (Phi) is 6.59.